The molecule has 3 aliphatic rings. The van der Waals surface area contributed by atoms with Crippen LogP contribution in [0.15, 0.2) is 41.1 Å². The number of carbonyl (C=O) groups excluding carboxylic acids is 2. The van der Waals surface area contributed by atoms with Crippen LogP contribution in [0.1, 0.15) is 38.3 Å². The number of hydrogen-bond donors (Lipinski definition) is 0. The molecule has 2 aliphatic heterocycles. The molecule has 0 spiro atoms. The van der Waals surface area contributed by atoms with Gasteiger partial charge in [-0.15, -0.1) is 11.3 Å². The number of amides is 1. The summed E-state index contributed by atoms with van der Waals surface area (Å²) in [6, 6.07) is 4.81. The Morgan fingerprint density at radius 3 is 2.59 bits per heavy atom. The van der Waals surface area contributed by atoms with Crippen LogP contribution in [0.2, 0.25) is 0 Å². The molecular formula is C24H26N2O5S. The molecule has 0 N–H and O–H groups in total. The normalized spacial score (nSPS) is 29.5. The summed E-state index contributed by atoms with van der Waals surface area (Å²) in [6.45, 7) is 4.36. The largest absolute Gasteiger partial charge is 0.493 e. The van der Waals surface area contributed by atoms with Crippen LogP contribution in [-0.4, -0.2) is 37.0 Å². The van der Waals surface area contributed by atoms with E-state index in [1.807, 2.05) is 17.5 Å². The fourth-order valence-electron chi connectivity index (χ4n) is 5.21. The minimum atomic E-state index is -0.684. The standard InChI is InChI=1S/C24H26N2O5S/c1-12-10-15-17(11-13(12)2)31-22-18(20(15)27)19(26(23(22)28)24-25-8-9-32-24)14-6-5-7-16(29-3)21(14)30-4/h5-9,12-13,15,17,19H,10-11H2,1-4H3. The van der Waals surface area contributed by atoms with Crippen molar-refractivity contribution >= 4 is 28.2 Å². The van der Waals surface area contributed by atoms with Gasteiger partial charge in [-0.3, -0.25) is 14.5 Å². The molecular weight excluding hydrogens is 428 g/mol. The van der Waals surface area contributed by atoms with Gasteiger partial charge >= 0.3 is 0 Å². The Morgan fingerprint density at radius 1 is 1.12 bits per heavy atom. The highest BCUT2D eigenvalue weighted by atomic mass is 32.1. The van der Waals surface area contributed by atoms with Crippen LogP contribution in [0, 0.1) is 17.8 Å². The summed E-state index contributed by atoms with van der Waals surface area (Å²) in [4.78, 5) is 33.5. The number of carbonyl (C=O) groups is 2. The van der Waals surface area contributed by atoms with Gasteiger partial charge in [-0.05, 0) is 30.7 Å². The zero-order valence-electron chi connectivity index (χ0n) is 18.5. The maximum absolute atomic E-state index is 13.9. The lowest BCUT2D eigenvalue weighted by atomic mass is 9.70. The Morgan fingerprint density at radius 2 is 1.91 bits per heavy atom. The number of nitrogens with zero attached hydrogens (tertiary/aromatic N) is 2. The molecule has 168 valence electrons. The van der Waals surface area contributed by atoms with E-state index in [1.165, 1.54) is 11.3 Å². The highest BCUT2D eigenvalue weighted by Gasteiger charge is 2.54. The average Bonchev–Trinajstić information content (AvgIpc) is 3.41. The molecule has 5 rings (SSSR count). The van der Waals surface area contributed by atoms with Crippen molar-refractivity contribution in [2.75, 3.05) is 19.1 Å². The zero-order chi connectivity index (χ0) is 22.6. The molecule has 2 aromatic rings. The van der Waals surface area contributed by atoms with E-state index in [0.29, 0.717) is 39.6 Å². The van der Waals surface area contributed by atoms with Gasteiger partial charge in [0, 0.05) is 17.1 Å². The number of benzene rings is 1. The van der Waals surface area contributed by atoms with Crippen LogP contribution in [0.4, 0.5) is 5.13 Å². The maximum Gasteiger partial charge on any atom is 0.296 e. The molecule has 1 aromatic heterocycles. The molecule has 1 saturated carbocycles. The van der Waals surface area contributed by atoms with E-state index < -0.39 is 6.04 Å². The topological polar surface area (TPSA) is 78.0 Å². The zero-order valence-corrected chi connectivity index (χ0v) is 19.3. The first-order valence-corrected chi connectivity index (χ1v) is 11.7. The molecule has 7 nitrogen and oxygen atoms in total. The van der Waals surface area contributed by atoms with E-state index in [1.54, 1.807) is 31.4 Å². The van der Waals surface area contributed by atoms with Gasteiger partial charge in [0.15, 0.2) is 28.2 Å². The summed E-state index contributed by atoms with van der Waals surface area (Å²) in [5, 5.41) is 2.33. The first-order valence-electron chi connectivity index (χ1n) is 10.8. The number of thiazole rings is 1. The van der Waals surface area contributed by atoms with E-state index in [9.17, 15) is 9.59 Å². The second-order valence-electron chi connectivity index (χ2n) is 8.77. The minimum Gasteiger partial charge on any atom is -0.493 e. The lowest BCUT2D eigenvalue weighted by Crippen LogP contribution is -2.43. The van der Waals surface area contributed by atoms with Crippen LogP contribution < -0.4 is 14.4 Å². The number of Topliss-reactive ketones (excluding diaryl/α,β-unsaturated/α-hetero) is 1. The van der Waals surface area contributed by atoms with Gasteiger partial charge in [-0.25, -0.2) is 4.98 Å². The fourth-order valence-corrected chi connectivity index (χ4v) is 5.88. The van der Waals surface area contributed by atoms with E-state index in [4.69, 9.17) is 14.2 Å². The summed E-state index contributed by atoms with van der Waals surface area (Å²) >= 11 is 1.35. The number of fused-ring (bicyclic) bond motifs is 1. The molecule has 3 heterocycles. The maximum atomic E-state index is 13.9. The van der Waals surface area contributed by atoms with Gasteiger partial charge in [0.25, 0.3) is 5.91 Å². The van der Waals surface area contributed by atoms with Gasteiger partial charge in [0.2, 0.25) is 0 Å². The van der Waals surface area contributed by atoms with E-state index in [0.717, 1.165) is 12.8 Å². The Balaban J connectivity index is 1.68. The summed E-state index contributed by atoms with van der Waals surface area (Å²) in [6.07, 6.45) is 2.91. The Kier molecular flexibility index (Phi) is 5.20. The quantitative estimate of drug-likeness (QED) is 0.691. The number of rotatable bonds is 4. The van der Waals surface area contributed by atoms with Crippen molar-refractivity contribution in [2.45, 2.75) is 38.8 Å². The molecule has 1 amide bonds. The van der Waals surface area contributed by atoms with Crippen molar-refractivity contribution in [1.82, 2.24) is 4.98 Å². The molecule has 1 aliphatic carbocycles. The minimum absolute atomic E-state index is 0.00252. The third kappa shape index (κ3) is 3.03. The van der Waals surface area contributed by atoms with Gasteiger partial charge in [0.1, 0.15) is 12.1 Å². The van der Waals surface area contributed by atoms with Gasteiger partial charge in [-0.2, -0.15) is 0 Å². The molecule has 0 saturated heterocycles. The first kappa shape index (κ1) is 21.0. The second-order valence-corrected chi connectivity index (χ2v) is 9.64. The molecule has 8 heteroatoms. The van der Waals surface area contributed by atoms with E-state index in [-0.39, 0.29) is 29.5 Å². The van der Waals surface area contributed by atoms with Crippen LogP contribution in [-0.2, 0) is 14.3 Å². The third-order valence-corrected chi connectivity index (χ3v) is 7.83. The molecule has 1 aromatic carbocycles. The molecule has 5 unspecified atom stereocenters. The van der Waals surface area contributed by atoms with Crippen molar-refractivity contribution in [3.05, 3.63) is 46.7 Å². The summed E-state index contributed by atoms with van der Waals surface area (Å²) in [5.41, 5.74) is 1.08. The fraction of sp³-hybridized carbons (Fsp3) is 0.458. The predicted octanol–water partition coefficient (Wildman–Crippen LogP) is 4.15. The van der Waals surface area contributed by atoms with Crippen LogP contribution in [0.25, 0.3) is 0 Å². The van der Waals surface area contributed by atoms with Crippen molar-refractivity contribution in [2.24, 2.45) is 17.8 Å². The van der Waals surface area contributed by atoms with Crippen molar-refractivity contribution in [3.8, 4) is 11.5 Å². The molecule has 0 bridgehead atoms. The van der Waals surface area contributed by atoms with Crippen LogP contribution in [0.5, 0.6) is 11.5 Å². The highest BCUT2D eigenvalue weighted by molar-refractivity contribution is 7.13. The van der Waals surface area contributed by atoms with Gasteiger partial charge in [-0.1, -0.05) is 26.0 Å². The van der Waals surface area contributed by atoms with Crippen LogP contribution >= 0.6 is 11.3 Å². The monoisotopic (exact) mass is 454 g/mol. The highest BCUT2D eigenvalue weighted by Crippen LogP contribution is 2.52. The smallest absolute Gasteiger partial charge is 0.296 e. The van der Waals surface area contributed by atoms with Gasteiger partial charge < -0.3 is 14.2 Å². The molecule has 1 fully saturated rings. The van der Waals surface area contributed by atoms with E-state index >= 15 is 0 Å². The van der Waals surface area contributed by atoms with Gasteiger partial charge in [0.05, 0.1) is 25.7 Å². The lowest BCUT2D eigenvalue weighted by molar-refractivity contribution is -0.134. The predicted molar refractivity (Wildman–Crippen MR) is 120 cm³/mol. The number of ether oxygens (including phenoxy) is 3. The van der Waals surface area contributed by atoms with Crippen molar-refractivity contribution < 1.29 is 23.8 Å². The van der Waals surface area contributed by atoms with Crippen LogP contribution in [0.3, 0.4) is 0 Å². The summed E-state index contributed by atoms with van der Waals surface area (Å²) in [5.74, 6) is 1.46. The van der Waals surface area contributed by atoms with Crippen molar-refractivity contribution in [1.29, 1.82) is 0 Å². The third-order valence-electron chi connectivity index (χ3n) is 7.06. The molecule has 0 radical (unpaired) electrons. The number of anilines is 1. The average molecular weight is 455 g/mol. The number of para-hydroxylation sites is 1. The molecule has 32 heavy (non-hydrogen) atoms. The lowest BCUT2D eigenvalue weighted by Gasteiger charge is -2.40. The second kappa shape index (κ2) is 7.92. The number of methoxy groups -OCH3 is 2. The molecule has 5 atom stereocenters. The Hall–Kier alpha value is -2.87. The number of aromatic nitrogens is 1. The Bertz CT molecular complexity index is 1100. The first-order chi connectivity index (χ1) is 15.5. The SMILES string of the molecule is COc1cccc(C2C3=C(OC4CC(C)C(C)CC4C3=O)C(=O)N2c2nccs2)c1OC. The Labute approximate surface area is 191 Å². The summed E-state index contributed by atoms with van der Waals surface area (Å²) in [7, 11) is 3.12. The van der Waals surface area contributed by atoms with Crippen molar-refractivity contribution in [3.63, 3.8) is 0 Å². The number of ketones is 1. The number of hydrogen-bond acceptors (Lipinski definition) is 7. The summed E-state index contributed by atoms with van der Waals surface area (Å²) < 4.78 is 17.5. The van der Waals surface area contributed by atoms with E-state index in [2.05, 4.69) is 18.8 Å².